The minimum Gasteiger partial charge on any atom is -0.350 e. The van der Waals surface area contributed by atoms with Crippen LogP contribution in [0.2, 0.25) is 10.0 Å². The normalized spacial score (nSPS) is 12.5. The number of carbonyl (C=O) groups is 2. The molecule has 1 atom stereocenters. The molecule has 0 fully saturated rings. The molecule has 2 amide bonds. The first kappa shape index (κ1) is 30.5. The van der Waals surface area contributed by atoms with Crippen LogP contribution < -0.4 is 9.62 Å². The Bertz CT molecular complexity index is 1390. The van der Waals surface area contributed by atoms with E-state index in [4.69, 9.17) is 23.2 Å². The van der Waals surface area contributed by atoms with E-state index in [1.54, 1.807) is 60.7 Å². The van der Waals surface area contributed by atoms with Gasteiger partial charge in [0.25, 0.3) is 10.0 Å². The molecule has 0 aliphatic rings. The molecule has 0 saturated carbocycles. The number of rotatable bonds is 10. The Hall–Kier alpha value is -3.07. The van der Waals surface area contributed by atoms with Gasteiger partial charge in [-0.05, 0) is 75.2 Å². The summed E-state index contributed by atoms with van der Waals surface area (Å²) in [6, 6.07) is 20.3. The maximum atomic E-state index is 14.0. The van der Waals surface area contributed by atoms with Gasteiger partial charge in [0, 0.05) is 22.1 Å². The van der Waals surface area contributed by atoms with Crippen molar-refractivity contribution in [2.24, 2.45) is 0 Å². The standard InChI is InChI=1S/C29H33Cl2N3O4S/c1-5-26(28(36)32-29(2,3)4)33(19-21-14-16-22(30)17-15-21)27(35)20-34(24-11-9-10-23(31)18-24)39(37,38)25-12-7-6-8-13-25/h6-18,26H,5,19-20H2,1-4H3,(H,32,36)/t26-/m0/s1. The van der Waals surface area contributed by atoms with E-state index in [2.05, 4.69) is 5.32 Å². The van der Waals surface area contributed by atoms with Crippen molar-refractivity contribution < 1.29 is 18.0 Å². The van der Waals surface area contributed by atoms with Gasteiger partial charge in [-0.25, -0.2) is 8.42 Å². The van der Waals surface area contributed by atoms with Crippen LogP contribution in [0.3, 0.4) is 0 Å². The Morgan fingerprint density at radius 2 is 1.54 bits per heavy atom. The van der Waals surface area contributed by atoms with E-state index in [9.17, 15) is 18.0 Å². The molecule has 1 N–H and O–H groups in total. The van der Waals surface area contributed by atoms with E-state index >= 15 is 0 Å². The molecule has 0 bridgehead atoms. The maximum absolute atomic E-state index is 14.0. The van der Waals surface area contributed by atoms with Gasteiger partial charge in [0.2, 0.25) is 11.8 Å². The lowest BCUT2D eigenvalue weighted by Gasteiger charge is -2.34. The quantitative estimate of drug-likeness (QED) is 0.318. The van der Waals surface area contributed by atoms with Gasteiger partial charge in [-0.1, -0.05) is 66.5 Å². The third-order valence-corrected chi connectivity index (χ3v) is 8.13. The highest BCUT2D eigenvalue weighted by atomic mass is 35.5. The summed E-state index contributed by atoms with van der Waals surface area (Å²) >= 11 is 12.3. The van der Waals surface area contributed by atoms with Gasteiger partial charge < -0.3 is 10.2 Å². The van der Waals surface area contributed by atoms with Crippen LogP contribution in [-0.4, -0.2) is 43.3 Å². The molecule has 208 valence electrons. The zero-order chi connectivity index (χ0) is 28.8. The summed E-state index contributed by atoms with van der Waals surface area (Å²) in [6.07, 6.45) is 0.323. The molecular weight excluding hydrogens is 557 g/mol. The van der Waals surface area contributed by atoms with E-state index in [-0.39, 0.29) is 23.0 Å². The maximum Gasteiger partial charge on any atom is 0.264 e. The molecule has 0 spiro atoms. The zero-order valence-electron chi connectivity index (χ0n) is 22.4. The van der Waals surface area contributed by atoms with Crippen molar-refractivity contribution in [3.05, 3.63) is 94.5 Å². The van der Waals surface area contributed by atoms with Gasteiger partial charge in [0.1, 0.15) is 12.6 Å². The smallest absolute Gasteiger partial charge is 0.264 e. The Morgan fingerprint density at radius 3 is 2.10 bits per heavy atom. The number of benzene rings is 3. The summed E-state index contributed by atoms with van der Waals surface area (Å²) in [7, 11) is -4.15. The molecule has 10 heteroatoms. The number of carbonyl (C=O) groups excluding carboxylic acids is 2. The lowest BCUT2D eigenvalue weighted by molar-refractivity contribution is -0.141. The number of halogens is 2. The van der Waals surface area contributed by atoms with Crippen molar-refractivity contribution >= 4 is 50.7 Å². The predicted octanol–water partition coefficient (Wildman–Crippen LogP) is 5.91. The fourth-order valence-corrected chi connectivity index (χ4v) is 5.78. The lowest BCUT2D eigenvalue weighted by atomic mass is 10.1. The third-order valence-electron chi connectivity index (χ3n) is 5.86. The van der Waals surface area contributed by atoms with Crippen molar-refractivity contribution in [2.45, 2.75) is 57.1 Å². The van der Waals surface area contributed by atoms with E-state index in [1.807, 2.05) is 27.7 Å². The van der Waals surface area contributed by atoms with E-state index in [1.165, 1.54) is 23.1 Å². The highest BCUT2D eigenvalue weighted by Crippen LogP contribution is 2.27. The number of nitrogens with zero attached hydrogens (tertiary/aromatic N) is 2. The van der Waals surface area contributed by atoms with Crippen molar-refractivity contribution in [1.82, 2.24) is 10.2 Å². The van der Waals surface area contributed by atoms with Crippen LogP contribution in [0.1, 0.15) is 39.7 Å². The van der Waals surface area contributed by atoms with Crippen molar-refractivity contribution in [1.29, 1.82) is 0 Å². The molecule has 0 heterocycles. The predicted molar refractivity (Wildman–Crippen MR) is 156 cm³/mol. The average molecular weight is 591 g/mol. The van der Waals surface area contributed by atoms with Crippen LogP contribution in [-0.2, 0) is 26.2 Å². The Labute approximate surface area is 240 Å². The molecule has 0 aromatic heterocycles. The second kappa shape index (κ2) is 12.9. The first-order valence-corrected chi connectivity index (χ1v) is 14.7. The molecule has 0 saturated heterocycles. The second-order valence-corrected chi connectivity index (χ2v) is 12.9. The van der Waals surface area contributed by atoms with E-state index in [0.717, 1.165) is 9.87 Å². The average Bonchev–Trinajstić information content (AvgIpc) is 2.87. The molecule has 3 aromatic carbocycles. The number of nitrogens with one attached hydrogen (secondary N) is 1. The molecule has 0 aliphatic carbocycles. The highest BCUT2D eigenvalue weighted by Gasteiger charge is 2.34. The van der Waals surface area contributed by atoms with Gasteiger partial charge in [0.05, 0.1) is 10.6 Å². The van der Waals surface area contributed by atoms with Crippen molar-refractivity contribution in [3.8, 4) is 0 Å². The fraction of sp³-hybridized carbons (Fsp3) is 0.310. The Balaban J connectivity index is 2.06. The topological polar surface area (TPSA) is 86.8 Å². The second-order valence-electron chi connectivity index (χ2n) is 10.1. The molecule has 3 rings (SSSR count). The minimum atomic E-state index is -4.15. The molecule has 0 radical (unpaired) electrons. The minimum absolute atomic E-state index is 0.0274. The number of hydrogen-bond donors (Lipinski definition) is 1. The van der Waals surface area contributed by atoms with Crippen LogP contribution >= 0.6 is 23.2 Å². The van der Waals surface area contributed by atoms with Crippen LogP contribution in [0.4, 0.5) is 5.69 Å². The SMILES string of the molecule is CC[C@@H](C(=O)NC(C)(C)C)N(Cc1ccc(Cl)cc1)C(=O)CN(c1cccc(Cl)c1)S(=O)(=O)c1ccccc1. The Morgan fingerprint density at radius 1 is 0.897 bits per heavy atom. The summed E-state index contributed by atoms with van der Waals surface area (Å²) in [6.45, 7) is 6.93. The number of anilines is 1. The van der Waals surface area contributed by atoms with Crippen LogP contribution in [0.15, 0.2) is 83.8 Å². The summed E-state index contributed by atoms with van der Waals surface area (Å²) in [4.78, 5) is 28.8. The molecule has 0 aliphatic heterocycles. The first-order valence-electron chi connectivity index (χ1n) is 12.5. The molecule has 0 unspecified atom stereocenters. The van der Waals surface area contributed by atoms with Crippen molar-refractivity contribution in [2.75, 3.05) is 10.8 Å². The van der Waals surface area contributed by atoms with Crippen LogP contribution in [0, 0.1) is 0 Å². The number of hydrogen-bond acceptors (Lipinski definition) is 4. The number of amides is 2. The molecule has 39 heavy (non-hydrogen) atoms. The number of sulfonamides is 1. The van der Waals surface area contributed by atoms with Gasteiger partial charge >= 0.3 is 0 Å². The monoisotopic (exact) mass is 589 g/mol. The summed E-state index contributed by atoms with van der Waals surface area (Å²) in [5, 5.41) is 3.80. The van der Waals surface area contributed by atoms with Gasteiger partial charge in [-0.15, -0.1) is 0 Å². The summed E-state index contributed by atoms with van der Waals surface area (Å²) in [5.41, 5.74) is 0.455. The molecule has 7 nitrogen and oxygen atoms in total. The van der Waals surface area contributed by atoms with Gasteiger partial charge in [-0.3, -0.25) is 13.9 Å². The van der Waals surface area contributed by atoms with Gasteiger partial charge in [0.15, 0.2) is 0 Å². The molecular formula is C29H33Cl2N3O4S. The largest absolute Gasteiger partial charge is 0.350 e. The summed E-state index contributed by atoms with van der Waals surface area (Å²) < 4.78 is 28.6. The van der Waals surface area contributed by atoms with Crippen LogP contribution in [0.5, 0.6) is 0 Å². The van der Waals surface area contributed by atoms with E-state index in [0.29, 0.717) is 16.5 Å². The summed E-state index contributed by atoms with van der Waals surface area (Å²) in [5.74, 6) is -0.868. The Kier molecular flexibility index (Phi) is 10.0. The highest BCUT2D eigenvalue weighted by molar-refractivity contribution is 7.92. The third kappa shape index (κ3) is 8.21. The van der Waals surface area contributed by atoms with Gasteiger partial charge in [-0.2, -0.15) is 0 Å². The lowest BCUT2D eigenvalue weighted by Crippen LogP contribution is -2.55. The van der Waals surface area contributed by atoms with E-state index < -0.39 is 34.1 Å². The fourth-order valence-electron chi connectivity index (χ4n) is 4.04. The first-order chi connectivity index (χ1) is 18.3. The zero-order valence-corrected chi connectivity index (χ0v) is 24.7. The molecule has 3 aromatic rings. The van der Waals surface area contributed by atoms with Crippen LogP contribution in [0.25, 0.3) is 0 Å². The van der Waals surface area contributed by atoms with Crippen molar-refractivity contribution in [3.63, 3.8) is 0 Å².